The van der Waals surface area contributed by atoms with Crippen LogP contribution in [0.2, 0.25) is 0 Å². The number of benzene rings is 3. The van der Waals surface area contributed by atoms with E-state index in [-0.39, 0.29) is 65.4 Å². The van der Waals surface area contributed by atoms with Gasteiger partial charge in [-0.05, 0) is 122 Å². The van der Waals surface area contributed by atoms with Crippen molar-refractivity contribution in [3.63, 3.8) is 0 Å². The minimum absolute atomic E-state index is 0.156. The molecular weight excluding hydrogens is 1450 g/mol. The summed E-state index contributed by atoms with van der Waals surface area (Å²) in [6.07, 6.45) is 12.1. The zero-order valence-corrected chi connectivity index (χ0v) is 63.1. The Labute approximate surface area is 648 Å². The van der Waals surface area contributed by atoms with Crippen molar-refractivity contribution in [2.75, 3.05) is 114 Å². The third-order valence-electron chi connectivity index (χ3n) is 19.1. The number of aromatic amines is 3. The fourth-order valence-corrected chi connectivity index (χ4v) is 13.4. The number of rotatable bonds is 20. The Morgan fingerprint density at radius 1 is 0.434 bits per heavy atom. The number of piperazine rings is 2. The predicted molar refractivity (Wildman–Crippen MR) is 422 cm³/mol. The number of nitrogens with zero attached hydrogens (tertiary/aromatic N) is 15. The average molecular weight is 1540 g/mol. The third kappa shape index (κ3) is 19.5. The topological polar surface area (TPSA) is 356 Å². The molecule has 8 N–H and O–H groups in total. The fourth-order valence-electron chi connectivity index (χ4n) is 13.4. The van der Waals surface area contributed by atoms with Gasteiger partial charge in [0, 0.05) is 181 Å². The van der Waals surface area contributed by atoms with Crippen molar-refractivity contribution in [3.05, 3.63) is 175 Å². The molecule has 0 atom stereocenters. The number of aromatic nitrogens is 13. The molecule has 3 saturated heterocycles. The zero-order valence-electron chi connectivity index (χ0n) is 63.1. The lowest BCUT2D eigenvalue weighted by atomic mass is 10.0. The normalized spacial score (nSPS) is 14.1. The Morgan fingerprint density at radius 3 is 1.18 bits per heavy atom. The van der Waals surface area contributed by atoms with Crippen LogP contribution in [-0.4, -0.2) is 218 Å². The molecule has 12 heterocycles. The van der Waals surface area contributed by atoms with Gasteiger partial charge >= 0.3 is 18.2 Å². The van der Waals surface area contributed by atoms with Crippen LogP contribution in [0.1, 0.15) is 64.7 Å². The molecule has 7 amide bonds. The number of halogens is 3. The van der Waals surface area contributed by atoms with Gasteiger partial charge in [-0.3, -0.25) is 65.2 Å². The van der Waals surface area contributed by atoms with Gasteiger partial charge in [0.05, 0.1) is 54.3 Å². The highest BCUT2D eigenvalue weighted by Gasteiger charge is 2.26. The van der Waals surface area contributed by atoms with Gasteiger partial charge in [-0.1, -0.05) is 26.0 Å². The molecule has 33 heteroatoms. The molecular formula is C80H86F3N23O7. The summed E-state index contributed by atoms with van der Waals surface area (Å²) in [7, 11) is 0. The van der Waals surface area contributed by atoms with Crippen molar-refractivity contribution in [2.24, 2.45) is 0 Å². The molecule has 0 unspecified atom stereocenters. The van der Waals surface area contributed by atoms with Gasteiger partial charge in [0.1, 0.15) is 56.9 Å². The first-order valence-electron chi connectivity index (χ1n) is 37.5. The van der Waals surface area contributed by atoms with E-state index in [2.05, 4.69) is 106 Å². The Morgan fingerprint density at radius 2 is 0.814 bits per heavy atom. The van der Waals surface area contributed by atoms with Crippen molar-refractivity contribution < 1.29 is 46.6 Å². The maximum atomic E-state index is 14.8. The van der Waals surface area contributed by atoms with Gasteiger partial charge in [0.2, 0.25) is 29.7 Å². The smallest absolute Gasteiger partial charge is 0.413 e. The number of hydrogen-bond acceptors (Lipinski definition) is 20. The molecule has 3 aliphatic rings. The number of carbonyl (C=O) groups excluding carboxylic acids is 5. The number of H-pyrrole nitrogens is 3. The second kappa shape index (κ2) is 36.9. The quantitative estimate of drug-likeness (QED) is 0.0351. The van der Waals surface area contributed by atoms with E-state index in [1.807, 2.05) is 98.2 Å². The van der Waals surface area contributed by atoms with Crippen molar-refractivity contribution >= 4 is 80.9 Å². The van der Waals surface area contributed by atoms with Gasteiger partial charge in [-0.2, -0.15) is 0 Å². The molecule has 0 aliphatic carbocycles. The van der Waals surface area contributed by atoms with Crippen LogP contribution in [0, 0.1) is 17.5 Å². The molecule has 0 radical (unpaired) electrons. The van der Waals surface area contributed by atoms with E-state index in [0.29, 0.717) is 109 Å². The first kappa shape index (κ1) is 78.4. The first-order valence-corrected chi connectivity index (χ1v) is 37.5. The number of amides is 7. The van der Waals surface area contributed by atoms with E-state index in [9.17, 15) is 37.1 Å². The number of carbonyl (C=O) groups is 5. The van der Waals surface area contributed by atoms with E-state index < -0.39 is 23.5 Å². The molecule has 0 spiro atoms. The van der Waals surface area contributed by atoms with Crippen molar-refractivity contribution in [1.29, 1.82) is 0 Å². The number of hydrogen-bond donors (Lipinski definition) is 8. The lowest BCUT2D eigenvalue weighted by molar-refractivity contribution is -0.133. The SMILES string of the molecule is CCNC(=O)Nc1nc2c(-c3ncccc3F)cc(-c3ccc(CN4CCN(C(=O)CC)CC4)nc3)cc2[nH]1.CCNC(=O)Nc1nc2c(-c3ncccc3F)cc(-c3cnc(CN4CCOCC4)nc3)cc2[nH]1.CCOC(=O)Nc1nc2c(-c3ncccc3F)cc(-c3ccc(CN4CCN(C(=O)CC)CC4)nc3)cc2[nH]1. The average Bonchev–Trinajstić information content (AvgIpc) is 1.68. The van der Waals surface area contributed by atoms with Crippen molar-refractivity contribution in [3.8, 4) is 67.2 Å². The second-order valence-electron chi connectivity index (χ2n) is 26.7. The number of fused-ring (bicyclic) bond motifs is 3. The van der Waals surface area contributed by atoms with Gasteiger partial charge in [-0.15, -0.1) is 0 Å². The number of anilines is 3. The highest BCUT2D eigenvalue weighted by atomic mass is 19.1. The number of pyridine rings is 5. The van der Waals surface area contributed by atoms with Crippen LogP contribution in [-0.2, 0) is 38.7 Å². The van der Waals surface area contributed by atoms with Crippen LogP contribution in [0.4, 0.5) is 45.4 Å². The Kier molecular flexibility index (Phi) is 25.6. The predicted octanol–water partition coefficient (Wildman–Crippen LogP) is 11.7. The minimum atomic E-state index is -0.638. The summed E-state index contributed by atoms with van der Waals surface area (Å²) in [5.74, 6) is 0.389. The summed E-state index contributed by atoms with van der Waals surface area (Å²) in [6, 6.07) is 26.9. The maximum Gasteiger partial charge on any atom is 0.413 e. The Hall–Kier alpha value is -12.7. The maximum absolute atomic E-state index is 14.8. The van der Waals surface area contributed by atoms with Crippen LogP contribution in [0.3, 0.4) is 0 Å². The number of imidazole rings is 3. The van der Waals surface area contributed by atoms with Crippen LogP contribution in [0.15, 0.2) is 140 Å². The largest absolute Gasteiger partial charge is 0.450 e. The molecule has 0 bridgehead atoms. The molecule has 3 fully saturated rings. The fraction of sp³-hybridized carbons (Fsp3) is 0.312. The van der Waals surface area contributed by atoms with Gasteiger partial charge in [-0.25, -0.2) is 52.5 Å². The van der Waals surface area contributed by atoms with Crippen LogP contribution < -0.4 is 26.6 Å². The van der Waals surface area contributed by atoms with Crippen molar-refractivity contribution in [2.45, 2.75) is 67.1 Å². The Bertz CT molecular complexity index is 5110. The molecule has 12 aromatic rings. The van der Waals surface area contributed by atoms with E-state index in [0.717, 1.165) is 116 Å². The second-order valence-corrected chi connectivity index (χ2v) is 26.7. The van der Waals surface area contributed by atoms with Gasteiger partial charge in [0.15, 0.2) is 0 Å². The minimum Gasteiger partial charge on any atom is -0.450 e. The molecule has 30 nitrogen and oxygen atoms in total. The summed E-state index contributed by atoms with van der Waals surface area (Å²) in [5.41, 5.74) is 11.9. The highest BCUT2D eigenvalue weighted by molar-refractivity contribution is 6.01. The standard InChI is InChI=1S/C28H31FN8O2.C28H30FN7O3.C24H25FN8O2/c1-3-24(38)37-12-10-36(11-13-37)17-20-8-7-18(16-32-20)19-14-21(25-22(29)6-5-9-31-25)26-23(15-19)33-27(34-26)35-28(39)30-4-2;1-3-24(37)36-12-10-35(11-13-36)17-20-8-7-18(16-31-20)19-14-21(25-22(29)6-5-9-30-25)26-23(15-19)32-27(33-26)34-28(38)39-4-2;1-2-26-24(34)32-23-30-19-11-15(10-17(22(19)31-23)21-18(25)4-3-5-27-21)16-12-28-20(29-13-16)14-33-6-8-35-9-7-33/h5-9,14-16H,3-4,10-13,17H2,1-2H3,(H3,30,33,34,35,39);5-9,14-16H,3-4,10-13,17H2,1-2H3,(H2,32,33,34,38);3-5,10-13H,2,6-9,14H2,1H3,(H3,26,30,31,32,34). The molecule has 3 aliphatic heterocycles. The van der Waals surface area contributed by atoms with E-state index in [4.69, 9.17) is 9.47 Å². The lowest BCUT2D eigenvalue weighted by Gasteiger charge is -2.34. The van der Waals surface area contributed by atoms with E-state index in [1.54, 1.807) is 31.7 Å². The number of urea groups is 2. The zero-order chi connectivity index (χ0) is 78.9. The molecule has 3 aromatic carbocycles. The van der Waals surface area contributed by atoms with Gasteiger partial charge < -0.3 is 44.9 Å². The monoisotopic (exact) mass is 1540 g/mol. The summed E-state index contributed by atoms with van der Waals surface area (Å²) in [4.78, 5) is 124. The van der Waals surface area contributed by atoms with E-state index >= 15 is 0 Å². The first-order chi connectivity index (χ1) is 55.0. The van der Waals surface area contributed by atoms with Crippen LogP contribution in [0.5, 0.6) is 0 Å². The van der Waals surface area contributed by atoms with Gasteiger partial charge in [0.25, 0.3) is 0 Å². The summed E-state index contributed by atoms with van der Waals surface area (Å²) < 4.78 is 54.6. The summed E-state index contributed by atoms with van der Waals surface area (Å²) in [5, 5.41) is 13.2. The molecule has 15 rings (SSSR count). The number of nitrogens with one attached hydrogen (secondary N) is 8. The molecule has 0 saturated carbocycles. The Balaban J connectivity index is 0.000000148. The number of morpholine rings is 1. The van der Waals surface area contributed by atoms with Crippen LogP contribution >= 0.6 is 0 Å². The third-order valence-corrected chi connectivity index (χ3v) is 19.1. The van der Waals surface area contributed by atoms with E-state index in [1.165, 1.54) is 55.0 Å². The molecule has 113 heavy (non-hydrogen) atoms. The number of ether oxygens (including phenoxy) is 2. The van der Waals surface area contributed by atoms with Crippen molar-refractivity contribution in [1.82, 2.24) is 99.9 Å². The lowest BCUT2D eigenvalue weighted by Crippen LogP contribution is -2.48. The highest BCUT2D eigenvalue weighted by Crippen LogP contribution is 2.38. The van der Waals surface area contributed by atoms with Crippen LogP contribution in [0.25, 0.3) is 100 Å². The summed E-state index contributed by atoms with van der Waals surface area (Å²) >= 11 is 0. The molecule has 9 aromatic heterocycles. The summed E-state index contributed by atoms with van der Waals surface area (Å²) in [6.45, 7) is 21.7. The molecule has 584 valence electrons.